The van der Waals surface area contributed by atoms with Gasteiger partial charge in [-0.2, -0.15) is 4.55 Å². The van der Waals surface area contributed by atoms with Gasteiger partial charge in [0.25, 0.3) is 10.4 Å². The Bertz CT molecular complexity index is 184. The second kappa shape index (κ2) is 3.83. The van der Waals surface area contributed by atoms with Crippen molar-refractivity contribution in [2.45, 2.75) is 18.9 Å². The number of hydrogen-bond donors (Lipinski definition) is 2. The van der Waals surface area contributed by atoms with Crippen LogP contribution in [-0.2, 0) is 14.6 Å². The van der Waals surface area contributed by atoms with E-state index >= 15 is 0 Å². The third kappa shape index (κ3) is 3.62. The lowest BCUT2D eigenvalue weighted by Crippen LogP contribution is -2.44. The molecule has 0 aliphatic carbocycles. The van der Waals surface area contributed by atoms with E-state index in [2.05, 4.69) is 16.7 Å². The fraction of sp³-hybridized carbons (Fsp3) is 1.00. The fourth-order valence-corrected chi connectivity index (χ4v) is 2.29. The van der Waals surface area contributed by atoms with Crippen LogP contribution in [0.5, 0.6) is 0 Å². The van der Waals surface area contributed by atoms with Crippen molar-refractivity contribution in [1.29, 1.82) is 0 Å². The first-order valence-electron chi connectivity index (χ1n) is 4.15. The fourth-order valence-electron chi connectivity index (χ4n) is 1.44. The van der Waals surface area contributed by atoms with Crippen LogP contribution < -0.4 is 4.72 Å². The maximum absolute atomic E-state index is 11.0. The van der Waals surface area contributed by atoms with E-state index in [9.17, 15) is 4.21 Å². The summed E-state index contributed by atoms with van der Waals surface area (Å²) in [5.74, 6) is 0. The highest BCUT2D eigenvalue weighted by Crippen LogP contribution is 2.09. The minimum Gasteiger partial charge on any atom is -0.306 e. The van der Waals surface area contributed by atoms with Gasteiger partial charge in [0.2, 0.25) is 0 Å². The van der Waals surface area contributed by atoms with E-state index in [0.717, 1.165) is 25.9 Å². The van der Waals surface area contributed by atoms with Gasteiger partial charge in [-0.05, 0) is 37.2 Å². The second-order valence-electron chi connectivity index (χ2n) is 3.50. The highest BCUT2D eigenvalue weighted by molar-refractivity contribution is 7.95. The molecule has 0 spiro atoms. The van der Waals surface area contributed by atoms with Gasteiger partial charge in [0.15, 0.2) is 6.26 Å². The minimum absolute atomic E-state index is 0.212. The SMILES string of the molecule is CN1CCC(N[S+](C)(=O)O)CC1. The van der Waals surface area contributed by atoms with Gasteiger partial charge in [-0.1, -0.05) is 0 Å². The molecule has 0 saturated carbocycles. The summed E-state index contributed by atoms with van der Waals surface area (Å²) in [5.41, 5.74) is 0. The Balaban J connectivity index is 2.31. The van der Waals surface area contributed by atoms with Crippen molar-refractivity contribution in [2.75, 3.05) is 26.4 Å². The Hall–Kier alpha value is 0.0300. The molecule has 0 aromatic carbocycles. The van der Waals surface area contributed by atoms with Crippen LogP contribution in [0.2, 0.25) is 0 Å². The van der Waals surface area contributed by atoms with Gasteiger partial charge in [-0.15, -0.1) is 4.72 Å². The highest BCUT2D eigenvalue weighted by atomic mass is 32.3. The van der Waals surface area contributed by atoms with Crippen molar-refractivity contribution in [1.82, 2.24) is 9.62 Å². The molecule has 1 aliphatic rings. The molecule has 0 aromatic rings. The van der Waals surface area contributed by atoms with Crippen LogP contribution in [0.15, 0.2) is 0 Å². The molecule has 72 valence electrons. The third-order valence-corrected chi connectivity index (χ3v) is 2.87. The van der Waals surface area contributed by atoms with Crippen molar-refractivity contribution >= 4 is 10.4 Å². The topological polar surface area (TPSA) is 52.6 Å². The van der Waals surface area contributed by atoms with Crippen molar-refractivity contribution in [2.24, 2.45) is 0 Å². The number of nitrogens with zero attached hydrogens (tertiary/aromatic N) is 1. The van der Waals surface area contributed by atoms with Crippen LogP contribution >= 0.6 is 0 Å². The van der Waals surface area contributed by atoms with Gasteiger partial charge in [-0.25, -0.2) is 0 Å². The predicted molar refractivity (Wildman–Crippen MR) is 50.3 cm³/mol. The smallest absolute Gasteiger partial charge is 0.285 e. The lowest BCUT2D eigenvalue weighted by molar-refractivity contribution is 0.246. The molecular formula is C7H17N2O2S+. The van der Waals surface area contributed by atoms with Crippen molar-refractivity contribution in [3.8, 4) is 0 Å². The van der Waals surface area contributed by atoms with Crippen LogP contribution in [0.4, 0.5) is 0 Å². The molecule has 0 amide bonds. The van der Waals surface area contributed by atoms with Gasteiger partial charge in [0, 0.05) is 0 Å². The molecule has 2 N–H and O–H groups in total. The van der Waals surface area contributed by atoms with Crippen molar-refractivity contribution < 1.29 is 8.76 Å². The van der Waals surface area contributed by atoms with E-state index in [4.69, 9.17) is 4.55 Å². The Kier molecular flexibility index (Phi) is 3.22. The molecule has 0 bridgehead atoms. The molecule has 0 aromatic heterocycles. The number of piperidine rings is 1. The average Bonchev–Trinajstić information content (AvgIpc) is 1.91. The summed E-state index contributed by atoms with van der Waals surface area (Å²) >= 11 is 0. The van der Waals surface area contributed by atoms with E-state index in [1.165, 1.54) is 6.26 Å². The summed E-state index contributed by atoms with van der Waals surface area (Å²) in [5, 5.41) is 0. The number of hydrogen-bond acceptors (Lipinski definition) is 2. The number of rotatable bonds is 2. The summed E-state index contributed by atoms with van der Waals surface area (Å²) in [4.78, 5) is 2.23. The van der Waals surface area contributed by atoms with Crippen molar-refractivity contribution in [3.05, 3.63) is 0 Å². The zero-order chi connectivity index (χ0) is 9.19. The number of likely N-dealkylation sites (tertiary alicyclic amines) is 1. The second-order valence-corrected chi connectivity index (χ2v) is 5.34. The van der Waals surface area contributed by atoms with Crippen LogP contribution in [0.25, 0.3) is 0 Å². The molecule has 1 heterocycles. The third-order valence-electron chi connectivity index (χ3n) is 2.10. The summed E-state index contributed by atoms with van der Waals surface area (Å²) in [6, 6.07) is 0.212. The normalized spacial score (nSPS) is 26.9. The minimum atomic E-state index is -2.76. The van der Waals surface area contributed by atoms with E-state index in [-0.39, 0.29) is 6.04 Å². The Morgan fingerprint density at radius 2 is 2.00 bits per heavy atom. The summed E-state index contributed by atoms with van der Waals surface area (Å²) in [7, 11) is -0.692. The van der Waals surface area contributed by atoms with Gasteiger partial charge in [-0.3, -0.25) is 0 Å². The lowest BCUT2D eigenvalue weighted by Gasteiger charge is -2.27. The first-order chi connectivity index (χ1) is 5.47. The standard InChI is InChI=1S/C7H16N2O2S/c1-9-5-3-7(4-6-9)8-12(2,10)11/h7H,3-6H2,1-2H3,(H-,8,10,11)/p+1. The molecule has 1 atom stereocenters. The van der Waals surface area contributed by atoms with Crippen LogP contribution in [0.3, 0.4) is 0 Å². The molecule has 4 nitrogen and oxygen atoms in total. The van der Waals surface area contributed by atoms with Crippen LogP contribution in [0, 0.1) is 0 Å². The summed E-state index contributed by atoms with van der Waals surface area (Å²) < 4.78 is 22.7. The zero-order valence-electron chi connectivity index (χ0n) is 7.62. The van der Waals surface area contributed by atoms with E-state index in [1.807, 2.05) is 0 Å². The maximum Gasteiger partial charge on any atom is 0.285 e. The molecule has 1 unspecified atom stereocenters. The molecule has 12 heavy (non-hydrogen) atoms. The van der Waals surface area contributed by atoms with Gasteiger partial charge < -0.3 is 4.90 Å². The van der Waals surface area contributed by atoms with E-state index in [0.29, 0.717) is 0 Å². The lowest BCUT2D eigenvalue weighted by atomic mass is 10.1. The van der Waals surface area contributed by atoms with Crippen molar-refractivity contribution in [3.63, 3.8) is 0 Å². The predicted octanol–water partition coefficient (Wildman–Crippen LogP) is 0.187. The highest BCUT2D eigenvalue weighted by Gasteiger charge is 2.25. The molecule has 1 aliphatic heterocycles. The molecule has 0 radical (unpaired) electrons. The maximum atomic E-state index is 11.0. The van der Waals surface area contributed by atoms with Crippen LogP contribution in [0.1, 0.15) is 12.8 Å². The van der Waals surface area contributed by atoms with Gasteiger partial charge in [0.05, 0.1) is 6.04 Å². The molecule has 1 saturated heterocycles. The number of nitrogens with one attached hydrogen (secondary N) is 1. The first kappa shape index (κ1) is 10.1. The Labute approximate surface area is 74.7 Å². The van der Waals surface area contributed by atoms with Gasteiger partial charge >= 0.3 is 0 Å². The largest absolute Gasteiger partial charge is 0.306 e. The zero-order valence-corrected chi connectivity index (χ0v) is 8.43. The quantitative estimate of drug-likeness (QED) is 0.615. The molecular weight excluding hydrogens is 176 g/mol. The van der Waals surface area contributed by atoms with Crippen LogP contribution in [-0.4, -0.2) is 41.9 Å². The molecule has 1 fully saturated rings. The summed E-state index contributed by atoms with van der Waals surface area (Å²) in [6.07, 6.45) is 3.25. The first-order valence-corrected chi connectivity index (χ1v) is 6.07. The average molecular weight is 193 g/mol. The Morgan fingerprint density at radius 1 is 1.50 bits per heavy atom. The van der Waals surface area contributed by atoms with Gasteiger partial charge in [0.1, 0.15) is 0 Å². The molecule has 1 rings (SSSR count). The molecule has 5 heteroatoms. The van der Waals surface area contributed by atoms with E-state index in [1.54, 1.807) is 0 Å². The Morgan fingerprint density at radius 3 is 2.42 bits per heavy atom. The van der Waals surface area contributed by atoms with E-state index < -0.39 is 10.4 Å². The summed E-state index contributed by atoms with van der Waals surface area (Å²) in [6.45, 7) is 2.01. The monoisotopic (exact) mass is 193 g/mol.